The number of aromatic hydroxyl groups is 1. The lowest BCUT2D eigenvalue weighted by atomic mass is 10.1. The number of phenolic OH excluding ortho intramolecular Hbond substituents is 1. The maximum atomic E-state index is 12.6. The molecular weight excluding hydrogens is 420 g/mol. The second-order valence-electron chi connectivity index (χ2n) is 6.65. The Hall–Kier alpha value is -3.46. The molecule has 2 aromatic carbocycles. The van der Waals surface area contributed by atoms with Gasteiger partial charge in [-0.15, -0.1) is 0 Å². The zero-order chi connectivity index (χ0) is 22.4. The minimum Gasteiger partial charge on any atom is -0.508 e. The van der Waals surface area contributed by atoms with Crippen LogP contribution in [-0.4, -0.2) is 54.4 Å². The molecule has 0 radical (unpaired) electrons. The number of nitrogens with zero attached hydrogens (tertiary/aromatic N) is 1. The monoisotopic (exact) mass is 442 g/mol. The van der Waals surface area contributed by atoms with Crippen LogP contribution in [0.25, 0.3) is 6.08 Å². The van der Waals surface area contributed by atoms with E-state index in [0.29, 0.717) is 30.0 Å². The second kappa shape index (κ2) is 10.0. The number of amides is 3. The number of benzene rings is 2. The van der Waals surface area contributed by atoms with Gasteiger partial charge in [0.05, 0.1) is 19.1 Å². The van der Waals surface area contributed by atoms with Gasteiger partial charge >= 0.3 is 0 Å². The van der Waals surface area contributed by atoms with Crippen LogP contribution in [0.15, 0.2) is 47.4 Å². The number of hydrogen-bond donors (Lipinski definition) is 2. The fraction of sp³-hybridized carbons (Fsp3) is 0.227. The quantitative estimate of drug-likeness (QED) is 0.606. The molecule has 3 rings (SSSR count). The molecule has 2 aromatic rings. The van der Waals surface area contributed by atoms with Gasteiger partial charge in [0, 0.05) is 6.54 Å². The third-order valence-corrected chi connectivity index (χ3v) is 5.46. The molecule has 1 fully saturated rings. The summed E-state index contributed by atoms with van der Waals surface area (Å²) in [6, 6.07) is 11.8. The van der Waals surface area contributed by atoms with Crippen molar-refractivity contribution in [2.75, 3.05) is 27.3 Å². The molecule has 162 valence electrons. The maximum Gasteiger partial charge on any atom is 0.294 e. The zero-order valence-corrected chi connectivity index (χ0v) is 17.9. The average molecular weight is 442 g/mol. The number of nitrogens with one attached hydrogen (secondary N) is 1. The molecule has 0 spiro atoms. The van der Waals surface area contributed by atoms with E-state index in [9.17, 15) is 19.5 Å². The highest BCUT2D eigenvalue weighted by molar-refractivity contribution is 8.18. The number of carbonyl (C=O) groups is 3. The predicted molar refractivity (Wildman–Crippen MR) is 117 cm³/mol. The van der Waals surface area contributed by atoms with Crippen molar-refractivity contribution < 1.29 is 29.0 Å². The summed E-state index contributed by atoms with van der Waals surface area (Å²) in [5.74, 6) is 0.292. The second-order valence-corrected chi connectivity index (χ2v) is 7.64. The van der Waals surface area contributed by atoms with Crippen molar-refractivity contribution >= 4 is 34.9 Å². The standard InChI is InChI=1S/C22H22N2O6S/c1-29-17-8-5-15(11-18(17)30-2)12-19-21(27)24(22(28)31-19)13-20(26)23-10-9-14-3-6-16(25)7-4-14/h3-8,11-12,25H,9-10,13H2,1-2H3,(H,23,26)/b19-12-. The van der Waals surface area contributed by atoms with Crippen LogP contribution in [-0.2, 0) is 16.0 Å². The molecule has 0 saturated carbocycles. The number of rotatable bonds is 8. The van der Waals surface area contributed by atoms with Crippen molar-refractivity contribution in [1.29, 1.82) is 0 Å². The van der Waals surface area contributed by atoms with E-state index >= 15 is 0 Å². The first kappa shape index (κ1) is 22.2. The van der Waals surface area contributed by atoms with Crippen LogP contribution >= 0.6 is 11.8 Å². The maximum absolute atomic E-state index is 12.6. The molecule has 1 aliphatic rings. The molecule has 2 N–H and O–H groups in total. The summed E-state index contributed by atoms with van der Waals surface area (Å²) in [5, 5.41) is 11.5. The highest BCUT2D eigenvalue weighted by Crippen LogP contribution is 2.34. The van der Waals surface area contributed by atoms with Crippen LogP contribution in [0.5, 0.6) is 17.2 Å². The van der Waals surface area contributed by atoms with Crippen LogP contribution in [0, 0.1) is 0 Å². The van der Waals surface area contributed by atoms with E-state index in [2.05, 4.69) is 5.32 Å². The van der Waals surface area contributed by atoms with E-state index in [0.717, 1.165) is 22.2 Å². The lowest BCUT2D eigenvalue weighted by molar-refractivity contribution is -0.129. The van der Waals surface area contributed by atoms with Crippen molar-refractivity contribution in [3.8, 4) is 17.2 Å². The van der Waals surface area contributed by atoms with Gasteiger partial charge < -0.3 is 19.9 Å². The summed E-state index contributed by atoms with van der Waals surface area (Å²) >= 11 is 0.787. The molecule has 9 heteroatoms. The number of thioether (sulfide) groups is 1. The van der Waals surface area contributed by atoms with Crippen LogP contribution in [0.4, 0.5) is 4.79 Å². The Morgan fingerprint density at radius 2 is 1.81 bits per heavy atom. The summed E-state index contributed by atoms with van der Waals surface area (Å²) in [6.45, 7) is 0.00479. The van der Waals surface area contributed by atoms with Gasteiger partial charge in [0.25, 0.3) is 11.1 Å². The molecule has 0 bridgehead atoms. The molecular formula is C22H22N2O6S. The minimum absolute atomic E-state index is 0.174. The minimum atomic E-state index is -0.515. The van der Waals surface area contributed by atoms with Gasteiger partial charge in [0.15, 0.2) is 11.5 Å². The van der Waals surface area contributed by atoms with Crippen LogP contribution < -0.4 is 14.8 Å². The van der Waals surface area contributed by atoms with Gasteiger partial charge in [-0.25, -0.2) is 0 Å². The van der Waals surface area contributed by atoms with E-state index in [4.69, 9.17) is 9.47 Å². The van der Waals surface area contributed by atoms with Crippen molar-refractivity contribution in [3.63, 3.8) is 0 Å². The van der Waals surface area contributed by atoms with E-state index in [-0.39, 0.29) is 17.2 Å². The topological polar surface area (TPSA) is 105 Å². The fourth-order valence-electron chi connectivity index (χ4n) is 2.94. The Balaban J connectivity index is 1.58. The first-order chi connectivity index (χ1) is 14.9. The number of phenols is 1. The molecule has 3 amide bonds. The van der Waals surface area contributed by atoms with Crippen LogP contribution in [0.1, 0.15) is 11.1 Å². The molecule has 1 heterocycles. The molecule has 0 atom stereocenters. The Labute approximate surface area is 183 Å². The van der Waals surface area contributed by atoms with Crippen molar-refractivity contribution in [2.45, 2.75) is 6.42 Å². The summed E-state index contributed by atoms with van der Waals surface area (Å²) in [4.78, 5) is 38.2. The van der Waals surface area contributed by atoms with Crippen LogP contribution in [0.2, 0.25) is 0 Å². The van der Waals surface area contributed by atoms with Gasteiger partial charge in [-0.2, -0.15) is 0 Å². The first-order valence-corrected chi connectivity index (χ1v) is 10.2. The lowest BCUT2D eigenvalue weighted by Gasteiger charge is -2.12. The Kier molecular flexibility index (Phi) is 7.19. The van der Waals surface area contributed by atoms with Crippen molar-refractivity contribution in [2.24, 2.45) is 0 Å². The zero-order valence-electron chi connectivity index (χ0n) is 17.1. The van der Waals surface area contributed by atoms with Crippen LogP contribution in [0.3, 0.4) is 0 Å². The molecule has 0 aromatic heterocycles. The largest absolute Gasteiger partial charge is 0.508 e. The third kappa shape index (κ3) is 5.58. The molecule has 8 nitrogen and oxygen atoms in total. The Bertz CT molecular complexity index is 1020. The summed E-state index contributed by atoms with van der Waals surface area (Å²) in [6.07, 6.45) is 2.14. The highest BCUT2D eigenvalue weighted by atomic mass is 32.2. The van der Waals surface area contributed by atoms with Crippen molar-refractivity contribution in [3.05, 3.63) is 58.5 Å². The van der Waals surface area contributed by atoms with Gasteiger partial charge in [-0.05, 0) is 59.7 Å². The SMILES string of the molecule is COc1ccc(/C=C2\SC(=O)N(CC(=O)NCCc3ccc(O)cc3)C2=O)cc1OC. The molecule has 31 heavy (non-hydrogen) atoms. The molecule has 1 aliphatic heterocycles. The molecule has 0 unspecified atom stereocenters. The number of carbonyl (C=O) groups excluding carboxylic acids is 3. The van der Waals surface area contributed by atoms with Gasteiger partial charge in [-0.3, -0.25) is 19.3 Å². The molecule has 0 aliphatic carbocycles. The first-order valence-electron chi connectivity index (χ1n) is 9.43. The van der Waals surface area contributed by atoms with Crippen molar-refractivity contribution in [1.82, 2.24) is 10.2 Å². The predicted octanol–water partition coefficient (Wildman–Crippen LogP) is 2.80. The summed E-state index contributed by atoms with van der Waals surface area (Å²) < 4.78 is 10.4. The number of hydrogen-bond acceptors (Lipinski definition) is 7. The third-order valence-electron chi connectivity index (χ3n) is 4.55. The summed E-state index contributed by atoms with van der Waals surface area (Å²) in [7, 11) is 3.04. The smallest absolute Gasteiger partial charge is 0.294 e. The van der Waals surface area contributed by atoms with E-state index in [1.807, 2.05) is 0 Å². The number of ether oxygens (including phenoxy) is 2. The van der Waals surface area contributed by atoms with Gasteiger partial charge in [-0.1, -0.05) is 18.2 Å². The normalized spacial score (nSPS) is 14.8. The van der Waals surface area contributed by atoms with Gasteiger partial charge in [0.1, 0.15) is 12.3 Å². The Morgan fingerprint density at radius 1 is 1.10 bits per heavy atom. The van der Waals surface area contributed by atoms with E-state index < -0.39 is 17.1 Å². The Morgan fingerprint density at radius 3 is 2.48 bits per heavy atom. The van der Waals surface area contributed by atoms with Gasteiger partial charge in [0.2, 0.25) is 5.91 Å². The summed E-state index contributed by atoms with van der Waals surface area (Å²) in [5.41, 5.74) is 1.61. The molecule has 1 saturated heterocycles. The number of methoxy groups -OCH3 is 2. The average Bonchev–Trinajstić information content (AvgIpc) is 3.02. The lowest BCUT2D eigenvalue weighted by Crippen LogP contribution is -2.40. The highest BCUT2D eigenvalue weighted by Gasteiger charge is 2.36. The fourth-order valence-corrected chi connectivity index (χ4v) is 3.78. The number of imide groups is 1. The van der Waals surface area contributed by atoms with E-state index in [1.54, 1.807) is 48.5 Å². The van der Waals surface area contributed by atoms with E-state index in [1.165, 1.54) is 14.2 Å².